The average molecular weight is 334 g/mol. The SMILES string of the molecule is C#C[C@]1(O)C=CC2C3CCC4=CC(=O)CC[C@@]45CC=C[C@@H](C[C@@]21C)C35. The van der Waals surface area contributed by atoms with Gasteiger partial charge in [0.1, 0.15) is 5.60 Å². The first-order valence-electron chi connectivity index (χ1n) is 9.74. The van der Waals surface area contributed by atoms with Crippen LogP contribution >= 0.6 is 0 Å². The Morgan fingerprint density at radius 3 is 2.96 bits per heavy atom. The third-order valence-electron chi connectivity index (χ3n) is 8.46. The molecule has 25 heavy (non-hydrogen) atoms. The van der Waals surface area contributed by atoms with E-state index in [9.17, 15) is 9.90 Å². The number of ketones is 1. The zero-order valence-electron chi connectivity index (χ0n) is 14.9. The monoisotopic (exact) mass is 334 g/mol. The van der Waals surface area contributed by atoms with Crippen LogP contribution in [0.4, 0.5) is 0 Å². The number of aliphatic hydroxyl groups is 1. The van der Waals surface area contributed by atoms with Gasteiger partial charge in [-0.1, -0.05) is 36.6 Å². The lowest BCUT2D eigenvalue weighted by atomic mass is 9.41. The highest BCUT2D eigenvalue weighted by Crippen LogP contribution is 2.69. The van der Waals surface area contributed by atoms with Crippen LogP contribution in [0, 0.1) is 46.8 Å². The summed E-state index contributed by atoms with van der Waals surface area (Å²) in [5, 5.41) is 11.1. The Bertz CT molecular complexity index is 780. The Balaban J connectivity index is 1.64. The van der Waals surface area contributed by atoms with E-state index in [0.29, 0.717) is 35.9 Å². The van der Waals surface area contributed by atoms with E-state index in [-0.39, 0.29) is 10.8 Å². The second-order valence-corrected chi connectivity index (χ2v) is 9.23. The number of rotatable bonds is 0. The van der Waals surface area contributed by atoms with Crippen molar-refractivity contribution in [3.05, 3.63) is 36.0 Å². The molecule has 0 amide bonds. The molecule has 0 bridgehead atoms. The molecule has 130 valence electrons. The summed E-state index contributed by atoms with van der Waals surface area (Å²) in [6, 6.07) is 0. The van der Waals surface area contributed by atoms with Crippen LogP contribution in [0.15, 0.2) is 36.0 Å². The van der Waals surface area contributed by atoms with Crippen molar-refractivity contribution in [3.8, 4) is 12.3 Å². The number of terminal acetylenes is 1. The molecule has 5 aliphatic carbocycles. The topological polar surface area (TPSA) is 37.3 Å². The minimum absolute atomic E-state index is 0.183. The van der Waals surface area contributed by atoms with Crippen molar-refractivity contribution in [3.63, 3.8) is 0 Å². The molecule has 0 heterocycles. The van der Waals surface area contributed by atoms with Crippen LogP contribution in [-0.4, -0.2) is 16.5 Å². The lowest BCUT2D eigenvalue weighted by Crippen LogP contribution is -2.59. The van der Waals surface area contributed by atoms with Gasteiger partial charge in [-0.2, -0.15) is 0 Å². The van der Waals surface area contributed by atoms with Gasteiger partial charge in [0.05, 0.1) is 0 Å². The summed E-state index contributed by atoms with van der Waals surface area (Å²) in [6.07, 6.45) is 22.4. The van der Waals surface area contributed by atoms with Crippen LogP contribution in [0.5, 0.6) is 0 Å². The van der Waals surface area contributed by atoms with Gasteiger partial charge in [-0.3, -0.25) is 4.79 Å². The highest BCUT2D eigenvalue weighted by Gasteiger charge is 2.65. The first-order valence-corrected chi connectivity index (χ1v) is 9.74. The van der Waals surface area contributed by atoms with Crippen LogP contribution < -0.4 is 0 Å². The van der Waals surface area contributed by atoms with Crippen molar-refractivity contribution in [2.24, 2.45) is 34.5 Å². The highest BCUT2D eigenvalue weighted by atomic mass is 16.3. The summed E-state index contributed by atoms with van der Waals surface area (Å²) in [5.41, 5.74) is 0.196. The predicted molar refractivity (Wildman–Crippen MR) is 97.4 cm³/mol. The third-order valence-corrected chi connectivity index (χ3v) is 8.46. The van der Waals surface area contributed by atoms with E-state index in [1.54, 1.807) is 0 Å². The molecule has 5 rings (SSSR count). The van der Waals surface area contributed by atoms with Crippen molar-refractivity contribution >= 4 is 5.78 Å². The van der Waals surface area contributed by atoms with Crippen LogP contribution in [0.2, 0.25) is 0 Å². The first kappa shape index (κ1) is 15.6. The zero-order chi connectivity index (χ0) is 17.4. The van der Waals surface area contributed by atoms with Gasteiger partial charge in [-0.05, 0) is 73.3 Å². The molecule has 2 saturated carbocycles. The zero-order valence-corrected chi connectivity index (χ0v) is 14.9. The molecule has 0 radical (unpaired) electrons. The summed E-state index contributed by atoms with van der Waals surface area (Å²) in [5.74, 6) is 4.96. The average Bonchev–Trinajstić information content (AvgIpc) is 2.87. The van der Waals surface area contributed by atoms with Crippen molar-refractivity contribution in [1.29, 1.82) is 0 Å². The molecule has 0 aromatic carbocycles. The smallest absolute Gasteiger partial charge is 0.155 e. The van der Waals surface area contributed by atoms with E-state index in [4.69, 9.17) is 6.42 Å². The van der Waals surface area contributed by atoms with E-state index < -0.39 is 5.60 Å². The number of carbonyl (C=O) groups is 1. The molecule has 2 heteroatoms. The Labute approximate surface area is 150 Å². The molecular weight excluding hydrogens is 308 g/mol. The molecule has 1 spiro atoms. The van der Waals surface area contributed by atoms with E-state index in [2.05, 4.69) is 31.1 Å². The number of allylic oxidation sites excluding steroid dienone is 5. The fourth-order valence-electron chi connectivity index (χ4n) is 7.31. The largest absolute Gasteiger partial charge is 0.373 e. The standard InChI is InChI=1S/C23H26O2/c1-3-23(25)12-9-19-18-7-6-16-13-17(24)8-11-22(16)10-4-5-15(20(18)22)14-21(19,23)2/h1,4-5,9,12-13,15,18-20,25H,6-8,10-11,14H2,2H3/t15-,18?,19?,20?,21-,22-,23-/m0/s1. The van der Waals surface area contributed by atoms with Gasteiger partial charge in [-0.15, -0.1) is 6.42 Å². The summed E-state index contributed by atoms with van der Waals surface area (Å²) < 4.78 is 0. The second-order valence-electron chi connectivity index (χ2n) is 9.23. The maximum Gasteiger partial charge on any atom is 0.155 e. The molecule has 1 N–H and O–H groups in total. The minimum atomic E-state index is -1.13. The maximum absolute atomic E-state index is 12.0. The van der Waals surface area contributed by atoms with Gasteiger partial charge in [0.25, 0.3) is 0 Å². The Hall–Kier alpha value is -1.59. The number of hydrogen-bond donors (Lipinski definition) is 1. The van der Waals surface area contributed by atoms with Crippen LogP contribution in [0.3, 0.4) is 0 Å². The molecule has 0 aromatic heterocycles. The summed E-state index contributed by atoms with van der Waals surface area (Å²) >= 11 is 0. The first-order chi connectivity index (χ1) is 11.9. The number of hydrogen-bond acceptors (Lipinski definition) is 2. The highest BCUT2D eigenvalue weighted by molar-refractivity contribution is 5.91. The van der Waals surface area contributed by atoms with Crippen molar-refractivity contribution < 1.29 is 9.90 Å². The molecule has 0 aliphatic heterocycles. The molecular formula is C23H26O2. The molecule has 2 nitrogen and oxygen atoms in total. The fourth-order valence-corrected chi connectivity index (χ4v) is 7.31. The van der Waals surface area contributed by atoms with Gasteiger partial charge in [0.2, 0.25) is 0 Å². The Morgan fingerprint density at radius 2 is 2.16 bits per heavy atom. The van der Waals surface area contributed by atoms with Crippen molar-refractivity contribution in [2.45, 2.75) is 51.0 Å². The van der Waals surface area contributed by atoms with E-state index in [0.717, 1.165) is 32.1 Å². The second kappa shape index (κ2) is 4.77. The van der Waals surface area contributed by atoms with Crippen LogP contribution in [-0.2, 0) is 4.79 Å². The number of carbonyl (C=O) groups excluding carboxylic acids is 1. The number of fused-ring (bicyclic) bond motifs is 2. The van der Waals surface area contributed by atoms with E-state index in [1.165, 1.54) is 5.57 Å². The molecule has 0 aromatic rings. The summed E-state index contributed by atoms with van der Waals surface area (Å²) in [6.45, 7) is 2.19. The maximum atomic E-state index is 12.0. The van der Waals surface area contributed by atoms with Gasteiger partial charge in [-0.25, -0.2) is 0 Å². The normalized spacial score (nSPS) is 52.7. The van der Waals surface area contributed by atoms with Crippen molar-refractivity contribution in [1.82, 2.24) is 0 Å². The van der Waals surface area contributed by atoms with E-state index >= 15 is 0 Å². The molecule has 7 atom stereocenters. The van der Waals surface area contributed by atoms with Crippen molar-refractivity contribution in [2.75, 3.05) is 0 Å². The van der Waals surface area contributed by atoms with Crippen LogP contribution in [0.25, 0.3) is 0 Å². The summed E-state index contributed by atoms with van der Waals surface area (Å²) in [7, 11) is 0. The Kier molecular flexibility index (Phi) is 2.99. The molecule has 0 saturated heterocycles. The van der Waals surface area contributed by atoms with E-state index in [1.807, 2.05) is 12.2 Å². The van der Waals surface area contributed by atoms with Gasteiger partial charge >= 0.3 is 0 Å². The quantitative estimate of drug-likeness (QED) is 0.540. The lowest BCUT2D eigenvalue weighted by Gasteiger charge is -2.63. The fraction of sp³-hybridized carbons (Fsp3) is 0.609. The van der Waals surface area contributed by atoms with Crippen LogP contribution in [0.1, 0.15) is 45.4 Å². The summed E-state index contributed by atoms with van der Waals surface area (Å²) in [4.78, 5) is 12.0. The lowest BCUT2D eigenvalue weighted by molar-refractivity contribution is -0.125. The predicted octanol–water partition coefficient (Wildman–Crippen LogP) is 3.82. The Morgan fingerprint density at radius 1 is 1.32 bits per heavy atom. The third kappa shape index (κ3) is 1.73. The van der Waals surface area contributed by atoms with Gasteiger partial charge in [0, 0.05) is 11.8 Å². The van der Waals surface area contributed by atoms with Gasteiger partial charge < -0.3 is 5.11 Å². The minimum Gasteiger partial charge on any atom is -0.373 e. The van der Waals surface area contributed by atoms with Gasteiger partial charge in [0.15, 0.2) is 5.78 Å². The molecule has 2 fully saturated rings. The molecule has 3 unspecified atom stereocenters. The molecule has 5 aliphatic rings.